The molecule has 3 aliphatic rings. The minimum absolute atomic E-state index is 0.0973. The average Bonchev–Trinajstić information content (AvgIpc) is 3.84. The summed E-state index contributed by atoms with van der Waals surface area (Å²) in [5, 5.41) is 6.61. The molecule has 1 aromatic heterocycles. The third kappa shape index (κ3) is 4.79. The van der Waals surface area contributed by atoms with Gasteiger partial charge in [0.2, 0.25) is 0 Å². The predicted octanol–water partition coefficient (Wildman–Crippen LogP) is 12.1. The van der Waals surface area contributed by atoms with E-state index in [0.717, 1.165) is 23.5 Å². The third-order valence-electron chi connectivity index (χ3n) is 11.3. The highest BCUT2D eigenvalue weighted by atomic mass is 14.9. The Morgan fingerprint density at radius 2 is 1.29 bits per heavy atom. The molecule has 2 heteroatoms. The minimum Gasteiger partial charge on any atom is -0.374 e. The Balaban J connectivity index is 1.25. The number of nitrogens with one attached hydrogen (secondary N) is 2. The molecule has 0 spiro atoms. The van der Waals surface area contributed by atoms with Crippen molar-refractivity contribution in [3.05, 3.63) is 228 Å². The fourth-order valence-electron chi connectivity index (χ4n) is 9.11. The Morgan fingerprint density at radius 3 is 2.08 bits per heavy atom. The van der Waals surface area contributed by atoms with E-state index in [1.165, 1.54) is 60.9 Å². The Kier molecular flexibility index (Phi) is 7.28. The molecule has 0 radical (unpaired) electrons. The van der Waals surface area contributed by atoms with Crippen LogP contribution in [-0.4, -0.2) is 4.98 Å². The number of aromatic amines is 1. The highest BCUT2D eigenvalue weighted by molar-refractivity contribution is 6.00. The largest absolute Gasteiger partial charge is 0.374 e. The van der Waals surface area contributed by atoms with Crippen LogP contribution < -0.4 is 5.32 Å². The van der Waals surface area contributed by atoms with Gasteiger partial charge in [0.25, 0.3) is 0 Å². The number of dihydropyridines is 1. The zero-order chi connectivity index (χ0) is 34.5. The third-order valence-corrected chi connectivity index (χ3v) is 11.3. The Hall–Kier alpha value is -6.38. The van der Waals surface area contributed by atoms with Crippen LogP contribution in [0.2, 0.25) is 0 Å². The van der Waals surface area contributed by atoms with Crippen molar-refractivity contribution < 1.29 is 0 Å². The van der Waals surface area contributed by atoms with Crippen LogP contribution in [0.3, 0.4) is 0 Å². The van der Waals surface area contributed by atoms with Gasteiger partial charge in [-0.05, 0) is 104 Å². The lowest BCUT2D eigenvalue weighted by Crippen LogP contribution is -2.35. The molecule has 1 aliphatic heterocycles. The predicted molar refractivity (Wildman–Crippen MR) is 217 cm³/mol. The number of allylic oxidation sites excluding steroid dienone is 6. The van der Waals surface area contributed by atoms with E-state index < -0.39 is 0 Å². The molecule has 3 atom stereocenters. The van der Waals surface area contributed by atoms with Crippen molar-refractivity contribution in [3.63, 3.8) is 0 Å². The van der Waals surface area contributed by atoms with Gasteiger partial charge in [0.15, 0.2) is 0 Å². The van der Waals surface area contributed by atoms with Gasteiger partial charge in [0.05, 0.1) is 11.5 Å². The van der Waals surface area contributed by atoms with Crippen LogP contribution in [0.15, 0.2) is 194 Å². The number of fused-ring (bicyclic) bond motifs is 4. The maximum absolute atomic E-state index is 4.07. The molecule has 2 N–H and O–H groups in total. The Labute approximate surface area is 305 Å². The molecule has 2 heterocycles. The summed E-state index contributed by atoms with van der Waals surface area (Å²) in [6, 6.07) is 57.6. The fourth-order valence-corrected chi connectivity index (χ4v) is 9.11. The molecule has 248 valence electrons. The zero-order valence-corrected chi connectivity index (χ0v) is 28.8. The van der Waals surface area contributed by atoms with E-state index in [0.29, 0.717) is 0 Å². The van der Waals surface area contributed by atoms with E-state index in [1.54, 1.807) is 0 Å². The highest BCUT2D eigenvalue weighted by Gasteiger charge is 2.50. The van der Waals surface area contributed by atoms with Crippen LogP contribution in [0.4, 0.5) is 0 Å². The summed E-state index contributed by atoms with van der Waals surface area (Å²) >= 11 is 0. The van der Waals surface area contributed by atoms with Crippen LogP contribution in [0.25, 0.3) is 44.4 Å². The first kappa shape index (κ1) is 30.4. The number of hydrogen-bond donors (Lipinski definition) is 2. The van der Waals surface area contributed by atoms with Crippen molar-refractivity contribution >= 4 is 22.0 Å². The Morgan fingerprint density at radius 1 is 0.596 bits per heavy atom. The minimum atomic E-state index is -0.351. The molecule has 3 unspecified atom stereocenters. The van der Waals surface area contributed by atoms with Crippen LogP contribution in [0.1, 0.15) is 46.0 Å². The van der Waals surface area contributed by atoms with Crippen LogP contribution in [0.5, 0.6) is 0 Å². The number of aromatic nitrogens is 1. The van der Waals surface area contributed by atoms with Gasteiger partial charge in [0, 0.05) is 17.1 Å². The summed E-state index contributed by atoms with van der Waals surface area (Å²) in [7, 11) is 0. The summed E-state index contributed by atoms with van der Waals surface area (Å²) in [4.78, 5) is 3.77. The number of hydrogen-bond acceptors (Lipinski definition) is 1. The fraction of sp³-hybridized carbons (Fsp3) is 0.0800. The number of H-pyrrole nitrogens is 1. The van der Waals surface area contributed by atoms with Gasteiger partial charge in [0.1, 0.15) is 0 Å². The molecule has 0 saturated heterocycles. The van der Waals surface area contributed by atoms with Gasteiger partial charge in [-0.1, -0.05) is 164 Å². The monoisotopic (exact) mass is 666 g/mol. The first-order valence-corrected chi connectivity index (χ1v) is 18.3. The lowest BCUT2D eigenvalue weighted by atomic mass is 9.62. The summed E-state index contributed by atoms with van der Waals surface area (Å²) < 4.78 is 0. The first-order valence-electron chi connectivity index (χ1n) is 18.3. The molecule has 7 aromatic rings. The molecular formula is C50H38N2. The molecule has 0 amide bonds. The maximum atomic E-state index is 4.07. The van der Waals surface area contributed by atoms with Gasteiger partial charge < -0.3 is 10.3 Å². The van der Waals surface area contributed by atoms with E-state index in [1.807, 2.05) is 0 Å². The van der Waals surface area contributed by atoms with Crippen molar-refractivity contribution in [2.75, 3.05) is 0 Å². The molecule has 2 nitrogen and oxygen atoms in total. The summed E-state index contributed by atoms with van der Waals surface area (Å²) in [5.41, 5.74) is 14.6. The van der Waals surface area contributed by atoms with E-state index in [4.69, 9.17) is 0 Å². The van der Waals surface area contributed by atoms with Gasteiger partial charge in [-0.25, -0.2) is 0 Å². The maximum Gasteiger partial charge on any atom is 0.0719 e. The molecule has 0 bridgehead atoms. The van der Waals surface area contributed by atoms with Crippen molar-refractivity contribution in [2.24, 2.45) is 5.92 Å². The molecule has 0 fully saturated rings. The lowest BCUT2D eigenvalue weighted by Gasteiger charge is -2.40. The van der Waals surface area contributed by atoms with E-state index in [2.05, 4.69) is 204 Å². The SMILES string of the molecule is C1=CCC(C2(c3ccccc3)c3ccccc3-c3c2cc2ccccc2c3C2C=C(c3ccc(-c4ccccc4)[nH]3)C=C(c3ccccc3)N2)C=C1. The van der Waals surface area contributed by atoms with E-state index >= 15 is 0 Å². The second-order valence-electron chi connectivity index (χ2n) is 14.1. The molecule has 6 aromatic carbocycles. The van der Waals surface area contributed by atoms with Gasteiger partial charge in [-0.15, -0.1) is 0 Å². The molecule has 2 aliphatic carbocycles. The topological polar surface area (TPSA) is 27.8 Å². The molecule has 0 saturated carbocycles. The first-order chi connectivity index (χ1) is 25.8. The summed E-state index contributed by atoms with van der Waals surface area (Å²) in [6.07, 6.45) is 14.9. The quantitative estimate of drug-likeness (QED) is 0.182. The second kappa shape index (κ2) is 12.4. The zero-order valence-electron chi connectivity index (χ0n) is 28.8. The van der Waals surface area contributed by atoms with Crippen LogP contribution >= 0.6 is 0 Å². The van der Waals surface area contributed by atoms with Crippen LogP contribution in [0, 0.1) is 5.92 Å². The van der Waals surface area contributed by atoms with Gasteiger partial charge in [-0.2, -0.15) is 0 Å². The smallest absolute Gasteiger partial charge is 0.0719 e. The lowest BCUT2D eigenvalue weighted by molar-refractivity contribution is 0.457. The second-order valence-corrected chi connectivity index (χ2v) is 14.1. The summed E-state index contributed by atoms with van der Waals surface area (Å²) in [5.74, 6) is 0.261. The van der Waals surface area contributed by atoms with Gasteiger partial charge >= 0.3 is 0 Å². The number of rotatable bonds is 6. The van der Waals surface area contributed by atoms with Gasteiger partial charge in [-0.3, -0.25) is 0 Å². The molecule has 10 rings (SSSR count). The molecule has 52 heavy (non-hydrogen) atoms. The van der Waals surface area contributed by atoms with Crippen molar-refractivity contribution in [1.82, 2.24) is 10.3 Å². The van der Waals surface area contributed by atoms with Crippen molar-refractivity contribution in [3.8, 4) is 22.4 Å². The van der Waals surface area contributed by atoms with Crippen LogP contribution in [-0.2, 0) is 5.41 Å². The normalized spacial score (nSPS) is 20.2. The average molecular weight is 667 g/mol. The van der Waals surface area contributed by atoms with Crippen molar-refractivity contribution in [2.45, 2.75) is 17.9 Å². The number of benzene rings is 6. The summed E-state index contributed by atoms with van der Waals surface area (Å²) in [6.45, 7) is 0. The van der Waals surface area contributed by atoms with Crippen molar-refractivity contribution in [1.29, 1.82) is 0 Å². The highest BCUT2D eigenvalue weighted by Crippen LogP contribution is 2.60. The van der Waals surface area contributed by atoms with E-state index in [9.17, 15) is 0 Å². The molecular weight excluding hydrogens is 629 g/mol. The Bertz CT molecular complexity index is 2570. The standard InChI is InChI=1S/C50H38N2/c1-5-17-34(18-6-1)44-29-30-45(51-44)37-32-46(35-19-7-2-8-20-35)52-47(33-37)49-40-26-14-13-21-36(40)31-43-48(49)41-27-15-16-28-42(41)50(43,38-22-9-3-10-23-38)39-24-11-4-12-25-39/h1-24,26-33,39,47,51-52H,25H2. The van der Waals surface area contributed by atoms with E-state index in [-0.39, 0.29) is 17.4 Å².